The van der Waals surface area contributed by atoms with Crippen molar-refractivity contribution in [1.82, 2.24) is 4.90 Å². The number of hydrogen-bond donors (Lipinski definition) is 1. The molecular weight excluding hydrogens is 192 g/mol. The van der Waals surface area contributed by atoms with Crippen molar-refractivity contribution in [3.8, 4) is 0 Å². The first-order valence-corrected chi connectivity index (χ1v) is 5.54. The summed E-state index contributed by atoms with van der Waals surface area (Å²) in [6.45, 7) is 2.51. The Hall–Kier alpha value is -0.610. The Morgan fingerprint density at radius 2 is 2.20 bits per heavy atom. The Balaban J connectivity index is 2.40. The highest BCUT2D eigenvalue weighted by Crippen LogP contribution is 2.38. The Labute approximate surface area is 91.8 Å². The van der Waals surface area contributed by atoms with Crippen molar-refractivity contribution in [3.63, 3.8) is 0 Å². The average molecular weight is 214 g/mol. The number of amides is 1. The molecule has 0 saturated heterocycles. The second-order valence-electron chi connectivity index (χ2n) is 4.67. The second kappa shape index (κ2) is 4.94. The predicted octanol–water partition coefficient (Wildman–Crippen LogP) is 0.751. The minimum Gasteiger partial charge on any atom is -0.378 e. The fraction of sp³-hybridized carbons (Fsp3) is 0.909. The highest BCUT2D eigenvalue weighted by atomic mass is 16.5. The van der Waals surface area contributed by atoms with E-state index in [2.05, 4.69) is 0 Å². The van der Waals surface area contributed by atoms with Gasteiger partial charge in [0.05, 0.1) is 12.0 Å². The predicted molar refractivity (Wildman–Crippen MR) is 59.5 cm³/mol. The molecule has 0 bridgehead atoms. The lowest BCUT2D eigenvalue weighted by atomic mass is 9.77. The summed E-state index contributed by atoms with van der Waals surface area (Å²) in [7, 11) is 3.49. The van der Waals surface area contributed by atoms with Gasteiger partial charge < -0.3 is 15.4 Å². The maximum Gasteiger partial charge on any atom is 0.225 e. The average Bonchev–Trinajstić information content (AvgIpc) is 2.09. The number of methoxy groups -OCH3 is 1. The normalized spacial score (nSPS) is 20.5. The summed E-state index contributed by atoms with van der Waals surface area (Å²) >= 11 is 0. The monoisotopic (exact) mass is 214 g/mol. The van der Waals surface area contributed by atoms with E-state index in [9.17, 15) is 4.79 Å². The van der Waals surface area contributed by atoms with Crippen molar-refractivity contribution in [3.05, 3.63) is 0 Å². The minimum atomic E-state index is -0.177. The van der Waals surface area contributed by atoms with Crippen LogP contribution in [-0.4, -0.2) is 43.2 Å². The molecule has 1 aliphatic carbocycles. The van der Waals surface area contributed by atoms with Crippen molar-refractivity contribution in [2.45, 2.75) is 44.2 Å². The van der Waals surface area contributed by atoms with Gasteiger partial charge in [-0.25, -0.2) is 0 Å². The molecule has 0 aromatic heterocycles. The van der Waals surface area contributed by atoms with Gasteiger partial charge in [-0.15, -0.1) is 0 Å². The third-order valence-electron chi connectivity index (χ3n) is 3.16. The number of hydrogen-bond acceptors (Lipinski definition) is 3. The molecule has 1 amide bonds. The number of carbonyl (C=O) groups is 1. The fourth-order valence-electron chi connectivity index (χ4n) is 1.97. The van der Waals surface area contributed by atoms with Crippen LogP contribution in [0, 0.1) is 0 Å². The van der Waals surface area contributed by atoms with Gasteiger partial charge in [-0.2, -0.15) is 0 Å². The van der Waals surface area contributed by atoms with Gasteiger partial charge in [-0.3, -0.25) is 4.79 Å². The topological polar surface area (TPSA) is 55.6 Å². The largest absolute Gasteiger partial charge is 0.378 e. The molecule has 4 heteroatoms. The van der Waals surface area contributed by atoms with Crippen molar-refractivity contribution >= 4 is 5.91 Å². The molecule has 15 heavy (non-hydrogen) atoms. The summed E-state index contributed by atoms with van der Waals surface area (Å²) in [6, 6.07) is 0.0267. The van der Waals surface area contributed by atoms with Gasteiger partial charge in [-0.05, 0) is 26.2 Å². The van der Waals surface area contributed by atoms with E-state index in [0.29, 0.717) is 13.0 Å². The Morgan fingerprint density at radius 3 is 2.53 bits per heavy atom. The number of carbonyl (C=O) groups excluding carboxylic acids is 1. The third kappa shape index (κ3) is 3.18. The van der Waals surface area contributed by atoms with Crippen LogP contribution in [0.1, 0.15) is 32.6 Å². The number of nitrogens with two attached hydrogens (primary N) is 1. The smallest absolute Gasteiger partial charge is 0.225 e. The quantitative estimate of drug-likeness (QED) is 0.735. The molecule has 1 rings (SSSR count). The number of likely N-dealkylation sites (N-methyl/N-ethyl adjacent to an activating group) is 1. The van der Waals surface area contributed by atoms with E-state index < -0.39 is 0 Å². The highest BCUT2D eigenvalue weighted by Gasteiger charge is 2.39. The summed E-state index contributed by atoms with van der Waals surface area (Å²) in [5.74, 6) is 0.133. The zero-order valence-corrected chi connectivity index (χ0v) is 9.95. The van der Waals surface area contributed by atoms with Gasteiger partial charge in [0.1, 0.15) is 0 Å². The molecule has 4 nitrogen and oxygen atoms in total. The van der Waals surface area contributed by atoms with Crippen LogP contribution in [0.25, 0.3) is 0 Å². The fourth-order valence-corrected chi connectivity index (χ4v) is 1.97. The van der Waals surface area contributed by atoms with Crippen molar-refractivity contribution < 1.29 is 9.53 Å². The van der Waals surface area contributed by atoms with Crippen LogP contribution in [0.3, 0.4) is 0 Å². The molecule has 0 aliphatic heterocycles. The molecule has 1 saturated carbocycles. The van der Waals surface area contributed by atoms with E-state index in [-0.39, 0.29) is 17.6 Å². The lowest BCUT2D eigenvalue weighted by Crippen LogP contribution is -2.46. The summed E-state index contributed by atoms with van der Waals surface area (Å²) in [6.07, 6.45) is 3.66. The van der Waals surface area contributed by atoms with Gasteiger partial charge >= 0.3 is 0 Å². The van der Waals surface area contributed by atoms with E-state index in [4.69, 9.17) is 10.5 Å². The maximum absolute atomic E-state index is 11.8. The number of ether oxygens (including phenoxy) is 1. The first-order valence-electron chi connectivity index (χ1n) is 5.54. The second-order valence-corrected chi connectivity index (χ2v) is 4.67. The van der Waals surface area contributed by atoms with Crippen LogP contribution in [-0.2, 0) is 9.53 Å². The van der Waals surface area contributed by atoms with Gasteiger partial charge in [0, 0.05) is 26.7 Å². The molecule has 1 atom stereocenters. The van der Waals surface area contributed by atoms with Crippen molar-refractivity contribution in [2.24, 2.45) is 5.73 Å². The molecule has 0 heterocycles. The van der Waals surface area contributed by atoms with Gasteiger partial charge in [0.2, 0.25) is 5.91 Å². The summed E-state index contributed by atoms with van der Waals surface area (Å²) in [5, 5.41) is 0. The van der Waals surface area contributed by atoms with E-state index in [0.717, 1.165) is 19.3 Å². The Morgan fingerprint density at radius 1 is 1.60 bits per heavy atom. The van der Waals surface area contributed by atoms with Crippen LogP contribution >= 0.6 is 0 Å². The van der Waals surface area contributed by atoms with Crippen LogP contribution < -0.4 is 5.73 Å². The maximum atomic E-state index is 11.8. The molecule has 0 spiro atoms. The summed E-state index contributed by atoms with van der Waals surface area (Å²) in [4.78, 5) is 13.5. The standard InChI is InChI=1S/C11H22N2O2/c1-9(12)8-13(2)10(14)7-11(15-3)5-4-6-11/h9H,4-8,12H2,1-3H3. The van der Waals surface area contributed by atoms with Crippen molar-refractivity contribution in [1.29, 1.82) is 0 Å². The zero-order valence-electron chi connectivity index (χ0n) is 9.95. The van der Waals surface area contributed by atoms with Crippen LogP contribution in [0.2, 0.25) is 0 Å². The van der Waals surface area contributed by atoms with Crippen molar-refractivity contribution in [2.75, 3.05) is 20.7 Å². The molecular formula is C11H22N2O2. The van der Waals surface area contributed by atoms with Gasteiger partial charge in [0.25, 0.3) is 0 Å². The highest BCUT2D eigenvalue weighted by molar-refractivity contribution is 5.77. The molecule has 0 aromatic rings. The summed E-state index contributed by atoms with van der Waals surface area (Å²) in [5.41, 5.74) is 5.47. The Bertz CT molecular complexity index is 219. The summed E-state index contributed by atoms with van der Waals surface area (Å²) < 4.78 is 5.42. The van der Waals surface area contributed by atoms with E-state index in [1.807, 2.05) is 6.92 Å². The lowest BCUT2D eigenvalue weighted by molar-refractivity contribution is -0.143. The SMILES string of the molecule is COC1(CC(=O)N(C)CC(C)N)CCC1. The van der Waals surface area contributed by atoms with Crippen LogP contribution in [0.5, 0.6) is 0 Å². The number of nitrogens with zero attached hydrogens (tertiary/aromatic N) is 1. The van der Waals surface area contributed by atoms with Crippen LogP contribution in [0.4, 0.5) is 0 Å². The molecule has 1 fully saturated rings. The molecule has 1 aliphatic rings. The molecule has 0 aromatic carbocycles. The molecule has 88 valence electrons. The van der Waals surface area contributed by atoms with Crippen LogP contribution in [0.15, 0.2) is 0 Å². The minimum absolute atomic E-state index is 0.0267. The van der Waals surface area contributed by atoms with E-state index >= 15 is 0 Å². The number of rotatable bonds is 5. The first-order chi connectivity index (χ1) is 6.99. The van der Waals surface area contributed by atoms with Gasteiger partial charge in [-0.1, -0.05) is 0 Å². The first kappa shape index (κ1) is 12.5. The molecule has 2 N–H and O–H groups in total. The molecule has 0 radical (unpaired) electrons. The van der Waals surface area contributed by atoms with Gasteiger partial charge in [0.15, 0.2) is 0 Å². The van der Waals surface area contributed by atoms with E-state index in [1.54, 1.807) is 19.1 Å². The third-order valence-corrected chi connectivity index (χ3v) is 3.16. The zero-order chi connectivity index (χ0) is 11.5. The van der Waals surface area contributed by atoms with E-state index in [1.165, 1.54) is 0 Å². The Kier molecular flexibility index (Phi) is 4.11. The lowest BCUT2D eigenvalue weighted by Gasteiger charge is -2.40. The molecule has 1 unspecified atom stereocenters.